The summed E-state index contributed by atoms with van der Waals surface area (Å²) in [6, 6.07) is 17.9. The number of halogens is 1. The number of carbonyl (C=O) groups is 1. The molecule has 0 aliphatic heterocycles. The number of aliphatic imine (C=N–C) groups is 1. The van der Waals surface area contributed by atoms with E-state index < -0.39 is 0 Å². The van der Waals surface area contributed by atoms with Gasteiger partial charge in [-0.2, -0.15) is 5.10 Å². The molecular weight excluding hydrogens is 543 g/mol. The van der Waals surface area contributed by atoms with Gasteiger partial charge >= 0.3 is 0 Å². The number of carbonyl (C=O) groups excluding carboxylic acids is 1. The number of guanidine groups is 1. The zero-order valence-electron chi connectivity index (χ0n) is 20.3. The van der Waals surface area contributed by atoms with Gasteiger partial charge < -0.3 is 20.3 Å². The summed E-state index contributed by atoms with van der Waals surface area (Å²) in [5, 5.41) is 11.3. The molecule has 1 amide bonds. The van der Waals surface area contributed by atoms with Crippen molar-refractivity contribution in [2.24, 2.45) is 4.99 Å². The number of nitrogens with one attached hydrogen (secondary N) is 2. The first kappa shape index (κ1) is 27.2. The number of aromatic nitrogens is 2. The average Bonchev–Trinajstić information content (AvgIpc) is 3.15. The molecule has 0 fully saturated rings. The van der Waals surface area contributed by atoms with E-state index in [1.54, 1.807) is 21.1 Å². The van der Waals surface area contributed by atoms with Crippen molar-refractivity contribution >= 4 is 35.8 Å². The maximum atomic E-state index is 11.7. The highest BCUT2D eigenvalue weighted by molar-refractivity contribution is 14.0. The van der Waals surface area contributed by atoms with E-state index in [-0.39, 0.29) is 36.5 Å². The van der Waals surface area contributed by atoms with Crippen molar-refractivity contribution in [1.29, 1.82) is 0 Å². The second kappa shape index (κ2) is 13.0. The molecule has 0 aliphatic carbocycles. The molecule has 0 aliphatic rings. The molecule has 182 valence electrons. The lowest BCUT2D eigenvalue weighted by Crippen LogP contribution is -2.36. The van der Waals surface area contributed by atoms with Crippen molar-refractivity contribution in [3.63, 3.8) is 0 Å². The molecule has 9 heteroatoms. The summed E-state index contributed by atoms with van der Waals surface area (Å²) in [6.07, 6.45) is 0. The first-order valence-corrected chi connectivity index (χ1v) is 10.9. The summed E-state index contributed by atoms with van der Waals surface area (Å²) < 4.78 is 7.57. The Balaban J connectivity index is 0.00000408. The predicted octanol–water partition coefficient (Wildman–Crippen LogP) is 3.44. The molecule has 8 nitrogen and oxygen atoms in total. The van der Waals surface area contributed by atoms with Gasteiger partial charge in [-0.05, 0) is 49.2 Å². The number of para-hydroxylation sites is 1. The molecule has 2 aromatic carbocycles. The Labute approximate surface area is 218 Å². The van der Waals surface area contributed by atoms with E-state index in [1.807, 2.05) is 48.0 Å². The number of amides is 1. The lowest BCUT2D eigenvalue weighted by molar-refractivity contribution is -0.130. The first-order chi connectivity index (χ1) is 15.9. The number of benzene rings is 2. The Kier molecular flexibility index (Phi) is 10.4. The van der Waals surface area contributed by atoms with Crippen molar-refractivity contribution in [3.8, 4) is 11.4 Å². The van der Waals surface area contributed by atoms with Gasteiger partial charge in [0.25, 0.3) is 5.91 Å². The van der Waals surface area contributed by atoms with Crippen LogP contribution in [0.4, 0.5) is 0 Å². The van der Waals surface area contributed by atoms with Crippen molar-refractivity contribution < 1.29 is 9.53 Å². The van der Waals surface area contributed by atoms with E-state index in [4.69, 9.17) is 4.74 Å². The van der Waals surface area contributed by atoms with Crippen LogP contribution in [0.1, 0.15) is 22.5 Å². The van der Waals surface area contributed by atoms with Gasteiger partial charge in [-0.3, -0.25) is 9.79 Å². The van der Waals surface area contributed by atoms with Crippen LogP contribution in [0.25, 0.3) is 5.69 Å². The van der Waals surface area contributed by atoms with Crippen molar-refractivity contribution in [3.05, 3.63) is 77.1 Å². The minimum atomic E-state index is -0.0797. The standard InChI is InChI=1S/C25H32N6O2.HI/c1-18-13-19(2)31(29-18)23-12-7-6-10-21(23)16-28-25(26-3)27-15-20-9-8-11-22(14-20)33-17-24(32)30(4)5;/h6-14H,15-17H2,1-5H3,(H2,26,27,28);1H. The first-order valence-electron chi connectivity index (χ1n) is 10.9. The average molecular weight is 576 g/mol. The third-order valence-electron chi connectivity index (χ3n) is 5.12. The maximum absolute atomic E-state index is 11.7. The highest BCUT2D eigenvalue weighted by atomic mass is 127. The monoisotopic (exact) mass is 576 g/mol. The second-order valence-electron chi connectivity index (χ2n) is 7.97. The van der Waals surface area contributed by atoms with Crippen LogP contribution in [-0.4, -0.2) is 54.3 Å². The summed E-state index contributed by atoms with van der Waals surface area (Å²) in [5.41, 5.74) is 5.27. The maximum Gasteiger partial charge on any atom is 0.259 e. The van der Waals surface area contributed by atoms with E-state index in [9.17, 15) is 4.79 Å². The summed E-state index contributed by atoms with van der Waals surface area (Å²) in [5.74, 6) is 1.27. The molecule has 0 radical (unpaired) electrons. The van der Waals surface area contributed by atoms with Crippen LogP contribution < -0.4 is 15.4 Å². The fourth-order valence-corrected chi connectivity index (χ4v) is 3.34. The zero-order chi connectivity index (χ0) is 23.8. The summed E-state index contributed by atoms with van der Waals surface area (Å²) >= 11 is 0. The molecule has 2 N–H and O–H groups in total. The van der Waals surface area contributed by atoms with Crippen molar-refractivity contribution in [2.45, 2.75) is 26.9 Å². The molecule has 0 unspecified atom stereocenters. The van der Waals surface area contributed by atoms with Gasteiger partial charge in [-0.25, -0.2) is 4.68 Å². The highest BCUT2D eigenvalue weighted by Crippen LogP contribution is 2.17. The van der Waals surface area contributed by atoms with Crippen LogP contribution in [0.15, 0.2) is 59.6 Å². The molecule has 0 bridgehead atoms. The fourth-order valence-electron chi connectivity index (χ4n) is 3.34. The molecule has 34 heavy (non-hydrogen) atoms. The lowest BCUT2D eigenvalue weighted by Gasteiger charge is -2.15. The molecule has 0 spiro atoms. The Bertz CT molecular complexity index is 1130. The van der Waals surface area contributed by atoms with E-state index >= 15 is 0 Å². The van der Waals surface area contributed by atoms with E-state index in [1.165, 1.54) is 4.90 Å². The molecule has 1 aromatic heterocycles. The number of rotatable bonds is 8. The van der Waals surface area contributed by atoms with Gasteiger partial charge in [-0.1, -0.05) is 30.3 Å². The van der Waals surface area contributed by atoms with Gasteiger partial charge in [0.1, 0.15) is 5.75 Å². The Hall–Kier alpha value is -3.08. The Morgan fingerprint density at radius 1 is 1.06 bits per heavy atom. The molecule has 0 saturated carbocycles. The fraction of sp³-hybridized carbons (Fsp3) is 0.320. The van der Waals surface area contributed by atoms with E-state index in [0.29, 0.717) is 24.8 Å². The number of hydrogen-bond donors (Lipinski definition) is 2. The predicted molar refractivity (Wildman–Crippen MR) is 146 cm³/mol. The molecular formula is C25H33IN6O2. The van der Waals surface area contributed by atoms with Crippen LogP contribution in [-0.2, 0) is 17.9 Å². The number of nitrogens with zero attached hydrogens (tertiary/aromatic N) is 4. The van der Waals surface area contributed by atoms with Gasteiger partial charge in [0, 0.05) is 39.9 Å². The zero-order valence-corrected chi connectivity index (χ0v) is 22.7. The van der Waals surface area contributed by atoms with Gasteiger partial charge in [0.05, 0.1) is 11.4 Å². The van der Waals surface area contributed by atoms with Crippen LogP contribution >= 0.6 is 24.0 Å². The lowest BCUT2D eigenvalue weighted by atomic mass is 10.1. The van der Waals surface area contributed by atoms with Crippen LogP contribution in [0, 0.1) is 13.8 Å². The highest BCUT2D eigenvalue weighted by Gasteiger charge is 2.10. The van der Waals surface area contributed by atoms with E-state index in [0.717, 1.165) is 28.2 Å². The second-order valence-corrected chi connectivity index (χ2v) is 7.97. The molecule has 0 saturated heterocycles. The SMILES string of the molecule is CN=C(NCc1cccc(OCC(=O)N(C)C)c1)NCc1ccccc1-n1nc(C)cc1C.I. The molecule has 3 aromatic rings. The van der Waals surface area contributed by atoms with Gasteiger partial charge in [-0.15, -0.1) is 24.0 Å². The molecule has 1 heterocycles. The topological polar surface area (TPSA) is 83.8 Å². The van der Waals surface area contributed by atoms with E-state index in [2.05, 4.69) is 45.8 Å². The third kappa shape index (κ3) is 7.47. The minimum absolute atomic E-state index is 0. The number of ether oxygens (including phenoxy) is 1. The van der Waals surface area contributed by atoms with Crippen LogP contribution in [0.3, 0.4) is 0 Å². The largest absolute Gasteiger partial charge is 0.484 e. The smallest absolute Gasteiger partial charge is 0.259 e. The molecule has 3 rings (SSSR count). The number of hydrogen-bond acceptors (Lipinski definition) is 4. The Morgan fingerprint density at radius 2 is 1.79 bits per heavy atom. The van der Waals surface area contributed by atoms with Gasteiger partial charge in [0.2, 0.25) is 0 Å². The normalized spacial score (nSPS) is 10.9. The summed E-state index contributed by atoms with van der Waals surface area (Å²) in [6.45, 7) is 5.23. The number of likely N-dealkylation sites (N-methyl/N-ethyl adjacent to an activating group) is 1. The quantitative estimate of drug-likeness (QED) is 0.244. The third-order valence-corrected chi connectivity index (χ3v) is 5.12. The van der Waals surface area contributed by atoms with Crippen LogP contribution in [0.5, 0.6) is 5.75 Å². The number of aryl methyl sites for hydroxylation is 2. The van der Waals surface area contributed by atoms with Crippen molar-refractivity contribution in [1.82, 2.24) is 25.3 Å². The molecule has 0 atom stereocenters. The summed E-state index contributed by atoms with van der Waals surface area (Å²) in [4.78, 5) is 17.6. The van der Waals surface area contributed by atoms with Gasteiger partial charge in [0.15, 0.2) is 12.6 Å². The van der Waals surface area contributed by atoms with Crippen molar-refractivity contribution in [2.75, 3.05) is 27.7 Å². The summed E-state index contributed by atoms with van der Waals surface area (Å²) in [7, 11) is 5.16. The minimum Gasteiger partial charge on any atom is -0.484 e. The Morgan fingerprint density at radius 3 is 2.47 bits per heavy atom. The van der Waals surface area contributed by atoms with Crippen LogP contribution in [0.2, 0.25) is 0 Å².